The molecule has 0 radical (unpaired) electrons. The maximum atomic E-state index is 13.3. The predicted molar refractivity (Wildman–Crippen MR) is 130 cm³/mol. The van der Waals surface area contributed by atoms with Crippen molar-refractivity contribution in [3.05, 3.63) is 76.2 Å². The maximum absolute atomic E-state index is 13.3. The van der Waals surface area contributed by atoms with Crippen LogP contribution in [0, 0.1) is 6.92 Å². The summed E-state index contributed by atoms with van der Waals surface area (Å²) in [5.74, 6) is -0.0672. The second kappa shape index (κ2) is 9.76. The van der Waals surface area contributed by atoms with Crippen LogP contribution in [0.5, 0.6) is 17.2 Å². The molecule has 4 rings (SSSR count). The lowest BCUT2D eigenvalue weighted by molar-refractivity contribution is -0.132. The second-order valence-electron chi connectivity index (χ2n) is 7.73. The van der Waals surface area contributed by atoms with Gasteiger partial charge in [-0.2, -0.15) is 0 Å². The number of carbonyl (C=O) groups is 2. The monoisotopic (exact) mass is 497 g/mol. The molecule has 8 nitrogen and oxygen atoms in total. The number of aliphatic hydroxyl groups is 1. The summed E-state index contributed by atoms with van der Waals surface area (Å²) in [5.41, 5.74) is 0.419. The third-order valence-corrected chi connectivity index (χ3v) is 5.93. The lowest BCUT2D eigenvalue weighted by atomic mass is 9.98. The fourth-order valence-corrected chi connectivity index (χ4v) is 4.27. The van der Waals surface area contributed by atoms with Crippen molar-refractivity contribution in [2.24, 2.45) is 0 Å². The Bertz CT molecular complexity index is 1310. The molecule has 1 aromatic heterocycles. The average Bonchev–Trinajstić information content (AvgIpc) is 3.39. The van der Waals surface area contributed by atoms with Gasteiger partial charge in [0.1, 0.15) is 40.6 Å². The molecule has 182 valence electrons. The number of halogens is 1. The predicted octanol–water partition coefficient (Wildman–Crippen LogP) is 5.28. The molecule has 0 bridgehead atoms. The highest BCUT2D eigenvalue weighted by atomic mass is 35.5. The zero-order valence-corrected chi connectivity index (χ0v) is 20.4. The van der Waals surface area contributed by atoms with Crippen molar-refractivity contribution in [2.75, 3.05) is 25.7 Å². The van der Waals surface area contributed by atoms with Gasteiger partial charge in [0.15, 0.2) is 0 Å². The molecule has 35 heavy (non-hydrogen) atoms. The number of nitrogens with zero attached hydrogens (tertiary/aromatic N) is 1. The van der Waals surface area contributed by atoms with Crippen molar-refractivity contribution in [2.45, 2.75) is 19.9 Å². The Kier molecular flexibility index (Phi) is 6.75. The number of hydrogen-bond acceptors (Lipinski definition) is 7. The molecule has 1 saturated heterocycles. The van der Waals surface area contributed by atoms with Crippen molar-refractivity contribution < 1.29 is 33.3 Å². The fraction of sp³-hybridized carbons (Fsp3) is 0.231. The largest absolute Gasteiger partial charge is 0.507 e. The van der Waals surface area contributed by atoms with Gasteiger partial charge >= 0.3 is 0 Å². The molecule has 2 heterocycles. The Labute approximate surface area is 207 Å². The van der Waals surface area contributed by atoms with Crippen LogP contribution in [0.3, 0.4) is 0 Å². The third kappa shape index (κ3) is 4.33. The highest BCUT2D eigenvalue weighted by Crippen LogP contribution is 2.45. The summed E-state index contributed by atoms with van der Waals surface area (Å²) >= 11 is 6.29. The number of amides is 1. The van der Waals surface area contributed by atoms with Crippen molar-refractivity contribution in [1.29, 1.82) is 0 Å². The van der Waals surface area contributed by atoms with E-state index in [1.807, 2.05) is 6.92 Å². The number of benzene rings is 2. The first-order chi connectivity index (χ1) is 16.8. The summed E-state index contributed by atoms with van der Waals surface area (Å²) in [6, 6.07) is 12.0. The number of aliphatic hydroxyl groups excluding tert-OH is 1. The van der Waals surface area contributed by atoms with Crippen molar-refractivity contribution in [3.8, 4) is 17.2 Å². The van der Waals surface area contributed by atoms with Crippen LogP contribution < -0.4 is 19.1 Å². The number of ether oxygens (including phenoxy) is 3. The Hall–Kier alpha value is -3.91. The van der Waals surface area contributed by atoms with Gasteiger partial charge in [0.25, 0.3) is 11.7 Å². The number of methoxy groups -OCH3 is 2. The fourth-order valence-electron chi connectivity index (χ4n) is 4.03. The Morgan fingerprint density at radius 3 is 2.31 bits per heavy atom. The number of rotatable bonds is 7. The summed E-state index contributed by atoms with van der Waals surface area (Å²) < 4.78 is 21.9. The van der Waals surface area contributed by atoms with Crippen LogP contribution in [0.25, 0.3) is 5.76 Å². The molecule has 9 heteroatoms. The van der Waals surface area contributed by atoms with Crippen molar-refractivity contribution in [1.82, 2.24) is 0 Å². The molecule has 1 atom stereocenters. The smallest absolute Gasteiger partial charge is 0.300 e. The van der Waals surface area contributed by atoms with E-state index in [0.29, 0.717) is 35.3 Å². The van der Waals surface area contributed by atoms with Gasteiger partial charge in [-0.05, 0) is 56.3 Å². The van der Waals surface area contributed by atoms with E-state index in [1.165, 1.54) is 31.3 Å². The van der Waals surface area contributed by atoms with E-state index < -0.39 is 23.5 Å². The molecule has 2 aromatic carbocycles. The van der Waals surface area contributed by atoms with Crippen LogP contribution in [-0.2, 0) is 9.59 Å². The molecule has 0 spiro atoms. The van der Waals surface area contributed by atoms with E-state index in [9.17, 15) is 14.7 Å². The first kappa shape index (κ1) is 24.2. The van der Waals surface area contributed by atoms with Crippen LogP contribution >= 0.6 is 11.6 Å². The number of Topliss-reactive ketones (excluding diaryl/α,β-unsaturated/α-hetero) is 1. The van der Waals surface area contributed by atoms with E-state index in [-0.39, 0.29) is 21.9 Å². The van der Waals surface area contributed by atoms with Crippen LogP contribution in [0.2, 0.25) is 5.02 Å². The van der Waals surface area contributed by atoms with E-state index in [2.05, 4.69) is 0 Å². The lowest BCUT2D eigenvalue weighted by Gasteiger charge is -2.24. The minimum atomic E-state index is -1.02. The number of ketones is 1. The van der Waals surface area contributed by atoms with Gasteiger partial charge < -0.3 is 23.7 Å². The molecule has 1 aliphatic rings. The Morgan fingerprint density at radius 1 is 1.06 bits per heavy atom. The summed E-state index contributed by atoms with van der Waals surface area (Å²) in [5, 5.41) is 11.6. The number of aryl methyl sites for hydroxylation is 1. The maximum Gasteiger partial charge on any atom is 0.300 e. The van der Waals surface area contributed by atoms with E-state index in [1.54, 1.807) is 43.3 Å². The highest BCUT2D eigenvalue weighted by Gasteiger charge is 2.48. The van der Waals surface area contributed by atoms with Crippen molar-refractivity contribution in [3.63, 3.8) is 0 Å². The molecule has 1 amide bonds. The molecule has 1 aliphatic heterocycles. The molecule has 1 N–H and O–H groups in total. The number of hydrogen-bond donors (Lipinski definition) is 1. The highest BCUT2D eigenvalue weighted by molar-refractivity contribution is 6.51. The topological polar surface area (TPSA) is 98.4 Å². The summed E-state index contributed by atoms with van der Waals surface area (Å²) in [7, 11) is 2.85. The SMILES string of the molecule is CCOc1ccc(N2C(=O)C(=O)/C(=C(/O)c3cc(Cl)c(OC)cc3OC)C2c2ccc(C)o2)cc1. The van der Waals surface area contributed by atoms with Gasteiger partial charge in [0.2, 0.25) is 0 Å². The Balaban J connectivity index is 1.92. The third-order valence-electron chi connectivity index (χ3n) is 5.63. The normalized spacial score (nSPS) is 17.1. The van der Waals surface area contributed by atoms with Crippen LogP contribution in [-0.4, -0.2) is 37.6 Å². The molecular formula is C26H24ClNO7. The van der Waals surface area contributed by atoms with Gasteiger partial charge in [-0.1, -0.05) is 11.6 Å². The second-order valence-corrected chi connectivity index (χ2v) is 8.14. The minimum absolute atomic E-state index is 0.135. The number of anilines is 1. The van der Waals surface area contributed by atoms with Gasteiger partial charge in [0.05, 0.1) is 37.0 Å². The minimum Gasteiger partial charge on any atom is -0.507 e. The Morgan fingerprint density at radius 2 is 1.74 bits per heavy atom. The van der Waals surface area contributed by atoms with Gasteiger partial charge in [-0.25, -0.2) is 0 Å². The molecule has 3 aromatic rings. The molecular weight excluding hydrogens is 474 g/mol. The number of furan rings is 1. The average molecular weight is 498 g/mol. The number of carbonyl (C=O) groups excluding carboxylic acids is 2. The standard InChI is InChI=1S/C26H24ClNO7/c1-5-34-16-9-7-15(8-10-16)28-23(19-11-6-14(2)35-19)22(25(30)26(28)31)24(29)17-12-18(27)21(33-4)13-20(17)32-3/h6-13,23,29H,5H2,1-4H3/b24-22+. The van der Waals surface area contributed by atoms with Gasteiger partial charge in [-0.3, -0.25) is 14.5 Å². The van der Waals surface area contributed by atoms with Crippen LogP contribution in [0.15, 0.2) is 58.5 Å². The quantitative estimate of drug-likeness (QED) is 0.269. The first-order valence-corrected chi connectivity index (χ1v) is 11.2. The summed E-state index contributed by atoms with van der Waals surface area (Å²) in [6.07, 6.45) is 0. The first-order valence-electron chi connectivity index (χ1n) is 10.8. The van der Waals surface area contributed by atoms with E-state index >= 15 is 0 Å². The van der Waals surface area contributed by atoms with E-state index in [0.717, 1.165) is 0 Å². The van der Waals surface area contributed by atoms with Gasteiger partial charge in [-0.15, -0.1) is 0 Å². The zero-order chi connectivity index (χ0) is 25.3. The molecule has 0 saturated carbocycles. The van der Waals surface area contributed by atoms with Crippen LogP contribution in [0.1, 0.15) is 30.0 Å². The van der Waals surface area contributed by atoms with E-state index in [4.69, 9.17) is 30.2 Å². The molecule has 0 aliphatic carbocycles. The zero-order valence-electron chi connectivity index (χ0n) is 19.6. The molecule has 1 unspecified atom stereocenters. The summed E-state index contributed by atoms with van der Waals surface area (Å²) in [4.78, 5) is 27.8. The van der Waals surface area contributed by atoms with Crippen LogP contribution in [0.4, 0.5) is 5.69 Å². The summed E-state index contributed by atoms with van der Waals surface area (Å²) in [6.45, 7) is 4.10. The van der Waals surface area contributed by atoms with Crippen molar-refractivity contribution >= 4 is 34.7 Å². The lowest BCUT2D eigenvalue weighted by Crippen LogP contribution is -2.29. The molecule has 1 fully saturated rings. The van der Waals surface area contributed by atoms with Gasteiger partial charge in [0, 0.05) is 11.8 Å².